The van der Waals surface area contributed by atoms with Crippen molar-refractivity contribution in [2.75, 3.05) is 58.9 Å². The van der Waals surface area contributed by atoms with Crippen LogP contribution in [0.3, 0.4) is 0 Å². The molecule has 2 aliphatic rings. The summed E-state index contributed by atoms with van der Waals surface area (Å²) in [6, 6.07) is 10.6. The van der Waals surface area contributed by atoms with E-state index in [0.717, 1.165) is 62.5 Å². The number of phenolic OH excluding ortho intramolecular Hbond substituents is 1. The maximum atomic E-state index is 13.4. The standard InChI is InChI=1S/C17H19N3O4.C14H21FN2.C4H8O/c1-9-6-14(21)13(16(22)18-3)7-12(9)17(23)20-15-10(2)5-11(24-4)8-19-15;1-11-3-4-13(9-14(11)15)5-7-17-8-6-16-12(2)10-17;1-2-4-5-3-1/h5-8,21H,1-4H3,(H,18,22)(H,19,20,23);3-4,9,12,16H,5-8,10H2,1-2H3;1-4H2/t;12-;/m.1./s1. The quantitative estimate of drug-likeness (QED) is 0.292. The maximum Gasteiger partial charge on any atom is 0.257 e. The monoisotopic (exact) mass is 637 g/mol. The summed E-state index contributed by atoms with van der Waals surface area (Å²) in [5, 5.41) is 18.4. The summed E-state index contributed by atoms with van der Waals surface area (Å²) in [4.78, 5) is 30.9. The fraction of sp³-hybridized carbons (Fsp3) is 0.457. The van der Waals surface area contributed by atoms with Crippen molar-refractivity contribution in [3.05, 3.63) is 81.8 Å². The van der Waals surface area contributed by atoms with E-state index in [1.54, 1.807) is 32.9 Å². The number of nitrogens with one attached hydrogen (secondary N) is 3. The van der Waals surface area contributed by atoms with Gasteiger partial charge in [0.1, 0.15) is 23.1 Å². The first kappa shape index (κ1) is 36.4. The molecule has 11 heteroatoms. The van der Waals surface area contributed by atoms with Crippen molar-refractivity contribution in [1.29, 1.82) is 0 Å². The molecular weight excluding hydrogens is 589 g/mol. The van der Waals surface area contributed by atoms with Gasteiger partial charge in [-0.15, -0.1) is 0 Å². The van der Waals surface area contributed by atoms with Gasteiger partial charge in [-0.05, 0) is 93.5 Å². The Labute approximate surface area is 271 Å². The van der Waals surface area contributed by atoms with Crippen LogP contribution in [-0.4, -0.2) is 86.4 Å². The zero-order chi connectivity index (χ0) is 33.6. The molecule has 5 rings (SSSR count). The van der Waals surface area contributed by atoms with Crippen molar-refractivity contribution in [2.24, 2.45) is 0 Å². The molecule has 0 radical (unpaired) electrons. The number of aryl methyl sites for hydroxylation is 3. The maximum absolute atomic E-state index is 13.4. The number of nitrogens with zero attached hydrogens (tertiary/aromatic N) is 2. The third-order valence-electron chi connectivity index (χ3n) is 7.81. The number of hydrogen-bond acceptors (Lipinski definition) is 8. The van der Waals surface area contributed by atoms with Gasteiger partial charge in [-0.25, -0.2) is 9.37 Å². The van der Waals surface area contributed by atoms with Gasteiger partial charge in [-0.3, -0.25) is 9.59 Å². The van der Waals surface area contributed by atoms with Crippen LogP contribution in [-0.2, 0) is 11.2 Å². The number of aromatic hydroxyl groups is 1. The van der Waals surface area contributed by atoms with Crippen molar-refractivity contribution in [3.63, 3.8) is 0 Å². The van der Waals surface area contributed by atoms with Gasteiger partial charge in [0, 0.05) is 58.0 Å². The Kier molecular flexibility index (Phi) is 14.4. The molecule has 46 heavy (non-hydrogen) atoms. The molecule has 3 heterocycles. The van der Waals surface area contributed by atoms with Gasteiger partial charge in [-0.2, -0.15) is 0 Å². The number of halogens is 1. The van der Waals surface area contributed by atoms with E-state index in [1.807, 2.05) is 12.1 Å². The zero-order valence-electron chi connectivity index (χ0n) is 27.8. The van der Waals surface area contributed by atoms with Crippen LogP contribution in [0.25, 0.3) is 0 Å². The van der Waals surface area contributed by atoms with Crippen LogP contribution in [0.5, 0.6) is 11.5 Å². The average Bonchev–Trinajstić information content (AvgIpc) is 3.63. The number of amides is 2. The molecule has 2 aromatic carbocycles. The normalized spacial score (nSPS) is 15.9. The van der Waals surface area contributed by atoms with Gasteiger partial charge < -0.3 is 35.4 Å². The van der Waals surface area contributed by atoms with E-state index in [9.17, 15) is 19.1 Å². The molecule has 1 aromatic heterocycles. The number of rotatable bonds is 7. The lowest BCUT2D eigenvalue weighted by molar-refractivity contribution is 0.0960. The molecule has 0 aliphatic carbocycles. The van der Waals surface area contributed by atoms with Crippen LogP contribution < -0.4 is 20.7 Å². The van der Waals surface area contributed by atoms with Gasteiger partial charge in [0.2, 0.25) is 0 Å². The lowest BCUT2D eigenvalue weighted by Gasteiger charge is -2.31. The molecular formula is C35H48FN5O5. The van der Waals surface area contributed by atoms with Crippen molar-refractivity contribution in [1.82, 2.24) is 20.5 Å². The van der Waals surface area contributed by atoms with E-state index in [2.05, 4.69) is 32.8 Å². The Hall–Kier alpha value is -4.06. The van der Waals surface area contributed by atoms with Gasteiger partial charge in [0.15, 0.2) is 0 Å². The second-order valence-corrected chi connectivity index (χ2v) is 11.6. The molecule has 10 nitrogen and oxygen atoms in total. The Morgan fingerprint density at radius 3 is 2.39 bits per heavy atom. The summed E-state index contributed by atoms with van der Waals surface area (Å²) in [6.45, 7) is 13.8. The highest BCUT2D eigenvalue weighted by Crippen LogP contribution is 2.24. The minimum Gasteiger partial charge on any atom is -0.507 e. The molecule has 4 N–H and O–H groups in total. The molecule has 2 saturated heterocycles. The molecule has 0 saturated carbocycles. The zero-order valence-corrected chi connectivity index (χ0v) is 27.8. The number of carbonyl (C=O) groups is 2. The molecule has 2 aliphatic heterocycles. The average molecular weight is 638 g/mol. The number of piperazine rings is 1. The van der Waals surface area contributed by atoms with E-state index in [1.165, 1.54) is 45.3 Å². The van der Waals surface area contributed by atoms with Crippen molar-refractivity contribution in [2.45, 2.75) is 53.0 Å². The Morgan fingerprint density at radius 1 is 1.07 bits per heavy atom. The minimum absolute atomic E-state index is 0.0349. The Balaban J connectivity index is 0.000000225. The number of ether oxygens (including phenoxy) is 2. The molecule has 0 bridgehead atoms. The number of pyridine rings is 1. The molecule has 2 amide bonds. The SMILES string of the molecule is C1CCOC1.CNC(=O)c1cc(C(=O)Nc2ncc(OC)cc2C)c(C)cc1O.Cc1ccc(CCN2CCN[C@H](C)C2)cc1F. The summed E-state index contributed by atoms with van der Waals surface area (Å²) < 4.78 is 23.4. The topological polar surface area (TPSA) is 125 Å². The number of methoxy groups -OCH3 is 1. The Bertz CT molecular complexity index is 1460. The van der Waals surface area contributed by atoms with Crippen LogP contribution in [0.2, 0.25) is 0 Å². The van der Waals surface area contributed by atoms with Crippen molar-refractivity contribution < 1.29 is 28.6 Å². The second-order valence-electron chi connectivity index (χ2n) is 11.6. The fourth-order valence-electron chi connectivity index (χ4n) is 5.02. The largest absolute Gasteiger partial charge is 0.507 e. The summed E-state index contributed by atoms with van der Waals surface area (Å²) in [6.07, 6.45) is 4.99. The lowest BCUT2D eigenvalue weighted by Crippen LogP contribution is -2.49. The number of anilines is 1. The van der Waals surface area contributed by atoms with Crippen LogP contribution in [0, 0.1) is 26.6 Å². The van der Waals surface area contributed by atoms with Crippen molar-refractivity contribution >= 4 is 17.6 Å². The van der Waals surface area contributed by atoms with Crippen LogP contribution >= 0.6 is 0 Å². The van der Waals surface area contributed by atoms with E-state index in [0.29, 0.717) is 23.2 Å². The van der Waals surface area contributed by atoms with Crippen molar-refractivity contribution in [3.8, 4) is 11.5 Å². The lowest BCUT2D eigenvalue weighted by atomic mass is 10.0. The van der Waals surface area contributed by atoms with E-state index >= 15 is 0 Å². The van der Waals surface area contributed by atoms with E-state index in [-0.39, 0.29) is 22.7 Å². The summed E-state index contributed by atoms with van der Waals surface area (Å²) in [5.74, 6) is -0.167. The van der Waals surface area contributed by atoms with Crippen LogP contribution in [0.4, 0.5) is 10.2 Å². The highest BCUT2D eigenvalue weighted by Gasteiger charge is 2.18. The molecule has 1 atom stereocenters. The first-order valence-electron chi connectivity index (χ1n) is 15.7. The smallest absolute Gasteiger partial charge is 0.257 e. The number of benzene rings is 2. The van der Waals surface area contributed by atoms with Gasteiger partial charge in [-0.1, -0.05) is 12.1 Å². The summed E-state index contributed by atoms with van der Waals surface area (Å²) in [5.41, 5.74) is 3.43. The van der Waals surface area contributed by atoms with E-state index < -0.39 is 11.8 Å². The third-order valence-corrected chi connectivity index (χ3v) is 7.81. The Morgan fingerprint density at radius 2 is 1.80 bits per heavy atom. The van der Waals surface area contributed by atoms with Gasteiger partial charge in [0.05, 0.1) is 18.9 Å². The van der Waals surface area contributed by atoms with E-state index in [4.69, 9.17) is 9.47 Å². The van der Waals surface area contributed by atoms with Gasteiger partial charge >= 0.3 is 0 Å². The highest BCUT2D eigenvalue weighted by atomic mass is 19.1. The van der Waals surface area contributed by atoms with Crippen LogP contribution in [0.15, 0.2) is 42.6 Å². The first-order valence-corrected chi connectivity index (χ1v) is 15.7. The summed E-state index contributed by atoms with van der Waals surface area (Å²) >= 11 is 0. The first-order chi connectivity index (χ1) is 22.0. The second kappa shape index (κ2) is 18.2. The molecule has 3 aromatic rings. The third kappa shape index (κ3) is 11.1. The fourth-order valence-corrected chi connectivity index (χ4v) is 5.02. The minimum atomic E-state index is -0.472. The predicted molar refractivity (Wildman–Crippen MR) is 179 cm³/mol. The summed E-state index contributed by atoms with van der Waals surface area (Å²) in [7, 11) is 2.99. The highest BCUT2D eigenvalue weighted by molar-refractivity contribution is 6.07. The molecule has 0 unspecified atom stereocenters. The number of carbonyl (C=O) groups excluding carboxylic acids is 2. The van der Waals surface area contributed by atoms with Crippen LogP contribution in [0.1, 0.15) is 62.7 Å². The number of hydrogen-bond donors (Lipinski definition) is 4. The number of phenols is 1. The molecule has 2 fully saturated rings. The predicted octanol–water partition coefficient (Wildman–Crippen LogP) is 4.79. The molecule has 0 spiro atoms. The number of aromatic nitrogens is 1. The van der Waals surface area contributed by atoms with Gasteiger partial charge in [0.25, 0.3) is 11.8 Å². The molecule has 250 valence electrons.